The molecule has 2 heterocycles. The molecule has 0 radical (unpaired) electrons. The lowest BCUT2D eigenvalue weighted by Crippen LogP contribution is -2.31. The summed E-state index contributed by atoms with van der Waals surface area (Å²) in [6.07, 6.45) is 4.76. The molecule has 2 aromatic heterocycles. The molecule has 0 aliphatic rings. The lowest BCUT2D eigenvalue weighted by atomic mass is 10.2. The minimum atomic E-state index is -0.421. The Kier molecular flexibility index (Phi) is 3.04. The van der Waals surface area contributed by atoms with E-state index < -0.39 is 11.5 Å². The van der Waals surface area contributed by atoms with E-state index in [9.17, 15) is 9.59 Å². The van der Waals surface area contributed by atoms with Gasteiger partial charge < -0.3 is 15.3 Å². The van der Waals surface area contributed by atoms with E-state index in [1.54, 1.807) is 25.4 Å². The van der Waals surface area contributed by atoms with Crippen molar-refractivity contribution in [2.24, 2.45) is 0 Å². The quantitative estimate of drug-likeness (QED) is 0.723. The molecule has 0 saturated carbocycles. The molecule has 6 nitrogen and oxygen atoms in total. The Bertz CT molecular complexity index is 559. The zero-order valence-corrected chi connectivity index (χ0v) is 9.23. The van der Waals surface area contributed by atoms with Crippen LogP contribution in [0.15, 0.2) is 35.5 Å². The molecule has 0 bridgehead atoms. The first-order valence-corrected chi connectivity index (χ1v) is 5.16. The Morgan fingerprint density at radius 3 is 2.88 bits per heavy atom. The Balaban J connectivity index is 2.13. The lowest BCUT2D eigenvalue weighted by molar-refractivity contribution is 0.0937. The third-order valence-electron chi connectivity index (χ3n) is 2.34. The van der Waals surface area contributed by atoms with Crippen LogP contribution in [0.1, 0.15) is 29.1 Å². The molecule has 2 rings (SSSR count). The van der Waals surface area contributed by atoms with Crippen LogP contribution in [0.5, 0.6) is 0 Å². The van der Waals surface area contributed by atoms with E-state index in [-0.39, 0.29) is 11.6 Å². The van der Waals surface area contributed by atoms with Crippen LogP contribution >= 0.6 is 0 Å². The highest BCUT2D eigenvalue weighted by atomic mass is 16.2. The van der Waals surface area contributed by atoms with Crippen LogP contribution in [0.25, 0.3) is 0 Å². The molecule has 6 heteroatoms. The standard InChI is InChI=1S/C11H12N4O2/c1-7(9-12-5-6-13-9)15-11(17)8-3-2-4-14-10(8)16/h2-7H,1H3,(H,12,13)(H,14,16)(H,15,17). The van der Waals surface area contributed by atoms with Gasteiger partial charge in [-0.2, -0.15) is 0 Å². The van der Waals surface area contributed by atoms with Gasteiger partial charge in [-0.1, -0.05) is 0 Å². The van der Waals surface area contributed by atoms with E-state index in [1.165, 1.54) is 12.3 Å². The number of nitrogens with zero attached hydrogens (tertiary/aromatic N) is 1. The Labute approximate surface area is 97.1 Å². The molecule has 0 aromatic carbocycles. The molecule has 1 atom stereocenters. The summed E-state index contributed by atoms with van der Waals surface area (Å²) in [6, 6.07) is 2.80. The number of pyridine rings is 1. The number of hydrogen-bond acceptors (Lipinski definition) is 3. The third kappa shape index (κ3) is 2.41. The minimum absolute atomic E-state index is 0.0888. The van der Waals surface area contributed by atoms with Crippen LogP contribution in [0, 0.1) is 0 Å². The molecule has 88 valence electrons. The lowest BCUT2D eigenvalue weighted by Gasteiger charge is -2.10. The fraction of sp³-hybridized carbons (Fsp3) is 0.182. The monoisotopic (exact) mass is 232 g/mol. The molecule has 1 unspecified atom stereocenters. The van der Waals surface area contributed by atoms with Crippen molar-refractivity contribution in [2.75, 3.05) is 0 Å². The van der Waals surface area contributed by atoms with Crippen molar-refractivity contribution < 1.29 is 4.79 Å². The van der Waals surface area contributed by atoms with Crippen molar-refractivity contribution in [3.05, 3.63) is 52.5 Å². The molecule has 3 N–H and O–H groups in total. The van der Waals surface area contributed by atoms with Crippen molar-refractivity contribution in [2.45, 2.75) is 13.0 Å². The zero-order valence-electron chi connectivity index (χ0n) is 9.23. The van der Waals surface area contributed by atoms with E-state index in [4.69, 9.17) is 0 Å². The molecule has 0 saturated heterocycles. The van der Waals surface area contributed by atoms with E-state index >= 15 is 0 Å². The van der Waals surface area contributed by atoms with E-state index in [0.29, 0.717) is 5.82 Å². The summed E-state index contributed by atoms with van der Waals surface area (Å²) in [5, 5.41) is 2.69. The summed E-state index contributed by atoms with van der Waals surface area (Å²) in [7, 11) is 0. The first-order chi connectivity index (χ1) is 8.18. The van der Waals surface area contributed by atoms with Gasteiger partial charge in [0.15, 0.2) is 0 Å². The number of carbonyl (C=O) groups is 1. The predicted molar refractivity (Wildman–Crippen MR) is 61.5 cm³/mol. The van der Waals surface area contributed by atoms with Gasteiger partial charge in [0.05, 0.1) is 6.04 Å². The van der Waals surface area contributed by atoms with Crippen LogP contribution in [0.3, 0.4) is 0 Å². The van der Waals surface area contributed by atoms with Gasteiger partial charge in [0.1, 0.15) is 11.4 Å². The molecular formula is C11H12N4O2. The number of hydrogen-bond donors (Lipinski definition) is 3. The average molecular weight is 232 g/mol. The van der Waals surface area contributed by atoms with Gasteiger partial charge in [-0.15, -0.1) is 0 Å². The highest BCUT2D eigenvalue weighted by Gasteiger charge is 2.14. The van der Waals surface area contributed by atoms with Crippen LogP contribution in [0.4, 0.5) is 0 Å². The second-order valence-corrected chi connectivity index (χ2v) is 3.58. The van der Waals surface area contributed by atoms with Gasteiger partial charge in [0, 0.05) is 18.6 Å². The number of aromatic nitrogens is 3. The van der Waals surface area contributed by atoms with Gasteiger partial charge >= 0.3 is 0 Å². The van der Waals surface area contributed by atoms with Gasteiger partial charge in [0.2, 0.25) is 0 Å². The second kappa shape index (κ2) is 4.65. The summed E-state index contributed by atoms with van der Waals surface area (Å²) in [6.45, 7) is 1.79. The first-order valence-electron chi connectivity index (χ1n) is 5.16. The van der Waals surface area contributed by atoms with Crippen molar-refractivity contribution in [3.63, 3.8) is 0 Å². The second-order valence-electron chi connectivity index (χ2n) is 3.58. The maximum absolute atomic E-state index is 11.8. The number of aromatic amines is 2. The Hall–Kier alpha value is -2.37. The number of carbonyl (C=O) groups excluding carboxylic acids is 1. The highest BCUT2D eigenvalue weighted by Crippen LogP contribution is 2.05. The number of imidazole rings is 1. The highest BCUT2D eigenvalue weighted by molar-refractivity contribution is 5.93. The van der Waals surface area contributed by atoms with Crippen molar-refractivity contribution in [3.8, 4) is 0 Å². The molecule has 0 fully saturated rings. The maximum atomic E-state index is 11.8. The van der Waals surface area contributed by atoms with Gasteiger partial charge in [0.25, 0.3) is 11.5 Å². The summed E-state index contributed by atoms with van der Waals surface area (Å²) >= 11 is 0. The van der Waals surface area contributed by atoms with E-state index in [1.807, 2.05) is 0 Å². The number of amides is 1. The topological polar surface area (TPSA) is 90.6 Å². The van der Waals surface area contributed by atoms with E-state index in [0.717, 1.165) is 0 Å². The molecule has 1 amide bonds. The molecule has 0 aliphatic carbocycles. The fourth-order valence-electron chi connectivity index (χ4n) is 1.46. The van der Waals surface area contributed by atoms with Crippen LogP contribution < -0.4 is 10.9 Å². The van der Waals surface area contributed by atoms with Crippen LogP contribution in [0.2, 0.25) is 0 Å². The molecular weight excluding hydrogens is 220 g/mol. The number of rotatable bonds is 3. The maximum Gasteiger partial charge on any atom is 0.260 e. The summed E-state index contributed by atoms with van der Waals surface area (Å²) in [4.78, 5) is 32.6. The number of H-pyrrole nitrogens is 2. The molecule has 0 aliphatic heterocycles. The van der Waals surface area contributed by atoms with Crippen molar-refractivity contribution in [1.82, 2.24) is 20.3 Å². The predicted octanol–water partition coefficient (Wildman–Crippen LogP) is 0.589. The smallest absolute Gasteiger partial charge is 0.260 e. The van der Waals surface area contributed by atoms with Crippen LogP contribution in [-0.4, -0.2) is 20.9 Å². The van der Waals surface area contributed by atoms with Crippen LogP contribution in [-0.2, 0) is 0 Å². The van der Waals surface area contributed by atoms with Crippen molar-refractivity contribution >= 4 is 5.91 Å². The SMILES string of the molecule is CC(NC(=O)c1ccc[nH]c1=O)c1ncc[nH]1. The normalized spacial score (nSPS) is 12.1. The molecule has 0 spiro atoms. The summed E-state index contributed by atoms with van der Waals surface area (Å²) in [5.41, 5.74) is -0.317. The third-order valence-corrected chi connectivity index (χ3v) is 2.34. The Morgan fingerprint density at radius 1 is 1.41 bits per heavy atom. The Morgan fingerprint density at radius 2 is 2.24 bits per heavy atom. The van der Waals surface area contributed by atoms with Gasteiger partial charge in [-0.05, 0) is 19.1 Å². The number of nitrogens with one attached hydrogen (secondary N) is 3. The van der Waals surface area contributed by atoms with Crippen molar-refractivity contribution in [1.29, 1.82) is 0 Å². The molecule has 17 heavy (non-hydrogen) atoms. The molecule has 2 aromatic rings. The zero-order chi connectivity index (χ0) is 12.3. The van der Waals surface area contributed by atoms with E-state index in [2.05, 4.69) is 20.3 Å². The first kappa shape index (κ1) is 11.1. The fourth-order valence-corrected chi connectivity index (χ4v) is 1.46. The largest absolute Gasteiger partial charge is 0.347 e. The average Bonchev–Trinajstić information content (AvgIpc) is 2.82. The van der Waals surface area contributed by atoms with Gasteiger partial charge in [-0.25, -0.2) is 4.98 Å². The summed E-state index contributed by atoms with van der Waals surface area (Å²) < 4.78 is 0. The summed E-state index contributed by atoms with van der Waals surface area (Å²) in [5.74, 6) is 0.224. The minimum Gasteiger partial charge on any atom is -0.347 e. The van der Waals surface area contributed by atoms with Gasteiger partial charge in [-0.3, -0.25) is 9.59 Å².